The molecule has 18 heavy (non-hydrogen) atoms. The van der Waals surface area contributed by atoms with Gasteiger partial charge in [0.15, 0.2) is 0 Å². The Kier molecular flexibility index (Phi) is 3.26. The molecule has 0 aliphatic carbocycles. The molecule has 0 saturated carbocycles. The largest absolute Gasteiger partial charge is 0.438 e. The highest BCUT2D eigenvalue weighted by Gasteiger charge is 2.16. The van der Waals surface area contributed by atoms with Crippen molar-refractivity contribution in [1.82, 2.24) is 4.98 Å². The van der Waals surface area contributed by atoms with Crippen molar-refractivity contribution in [3.05, 3.63) is 48.4 Å². The fraction of sp³-hybridized carbons (Fsp3) is 0. The Labute approximate surface area is 103 Å². The first-order valence-corrected chi connectivity index (χ1v) is 6.43. The van der Waals surface area contributed by atoms with Gasteiger partial charge in [0, 0.05) is 6.20 Å². The molecule has 2 aromatic rings. The number of rotatable bonds is 3. The lowest BCUT2D eigenvalue weighted by molar-refractivity contribution is 0.446. The first-order valence-electron chi connectivity index (χ1n) is 4.88. The summed E-state index contributed by atoms with van der Waals surface area (Å²) in [5.74, 6) is -0.304. The number of hydrogen-bond donors (Lipinski definition) is 1. The maximum Gasteiger partial charge on any atom is 0.243 e. The molecule has 7 heteroatoms. The van der Waals surface area contributed by atoms with Gasteiger partial charge in [0.25, 0.3) is 0 Å². The number of halogens is 1. The molecular weight excluding hydrogens is 259 g/mol. The standard InChI is InChI=1S/C11H9FN2O3S/c12-8-3-5-9(6-4-8)17-11-10(18(13,15)16)2-1-7-14-11/h1-7H,(H2,13,15,16). The molecule has 5 nitrogen and oxygen atoms in total. The molecule has 0 unspecified atom stereocenters. The Morgan fingerprint density at radius 3 is 2.44 bits per heavy atom. The monoisotopic (exact) mass is 268 g/mol. The van der Waals surface area contributed by atoms with E-state index in [9.17, 15) is 12.8 Å². The summed E-state index contributed by atoms with van der Waals surface area (Å²) in [6.45, 7) is 0. The van der Waals surface area contributed by atoms with Crippen LogP contribution in [-0.2, 0) is 10.0 Å². The first-order chi connectivity index (χ1) is 8.47. The van der Waals surface area contributed by atoms with Gasteiger partial charge < -0.3 is 4.74 Å². The number of aromatic nitrogens is 1. The summed E-state index contributed by atoms with van der Waals surface area (Å²) in [5.41, 5.74) is 0. The van der Waals surface area contributed by atoms with Crippen molar-refractivity contribution < 1.29 is 17.5 Å². The molecular formula is C11H9FN2O3S. The zero-order chi connectivity index (χ0) is 13.2. The molecule has 1 heterocycles. The number of sulfonamides is 1. The van der Waals surface area contributed by atoms with E-state index in [0.717, 1.165) is 0 Å². The lowest BCUT2D eigenvalue weighted by Gasteiger charge is -2.07. The van der Waals surface area contributed by atoms with Crippen LogP contribution in [0, 0.1) is 5.82 Å². The highest BCUT2D eigenvalue weighted by atomic mass is 32.2. The van der Waals surface area contributed by atoms with Gasteiger partial charge in [0.05, 0.1) is 0 Å². The average molecular weight is 268 g/mol. The molecule has 0 atom stereocenters. The van der Waals surface area contributed by atoms with Gasteiger partial charge in [-0.05, 0) is 36.4 Å². The number of ether oxygens (including phenoxy) is 1. The molecule has 1 aromatic heterocycles. The second-order valence-corrected chi connectivity index (χ2v) is 4.94. The summed E-state index contributed by atoms with van der Waals surface area (Å²) in [5, 5.41) is 5.03. The zero-order valence-electron chi connectivity index (χ0n) is 9.08. The Balaban J connectivity index is 2.38. The third-order valence-corrected chi connectivity index (χ3v) is 2.99. The van der Waals surface area contributed by atoms with Crippen LogP contribution in [0.5, 0.6) is 11.6 Å². The van der Waals surface area contributed by atoms with Gasteiger partial charge in [-0.2, -0.15) is 0 Å². The van der Waals surface area contributed by atoms with Gasteiger partial charge in [0.1, 0.15) is 16.5 Å². The highest BCUT2D eigenvalue weighted by Crippen LogP contribution is 2.25. The molecule has 2 N–H and O–H groups in total. The van der Waals surface area contributed by atoms with Crippen LogP contribution >= 0.6 is 0 Å². The quantitative estimate of drug-likeness (QED) is 0.917. The summed E-state index contributed by atoms with van der Waals surface area (Å²) in [7, 11) is -3.92. The van der Waals surface area contributed by atoms with Gasteiger partial charge >= 0.3 is 0 Å². The molecule has 0 spiro atoms. The second-order valence-electron chi connectivity index (χ2n) is 3.41. The number of hydrogen-bond acceptors (Lipinski definition) is 4. The second kappa shape index (κ2) is 4.71. The Morgan fingerprint density at radius 1 is 1.17 bits per heavy atom. The minimum Gasteiger partial charge on any atom is -0.438 e. The Hall–Kier alpha value is -1.99. The van der Waals surface area contributed by atoms with Crippen molar-refractivity contribution in [3.63, 3.8) is 0 Å². The van der Waals surface area contributed by atoms with Crippen molar-refractivity contribution in [2.45, 2.75) is 4.90 Å². The van der Waals surface area contributed by atoms with E-state index in [0.29, 0.717) is 0 Å². The van der Waals surface area contributed by atoms with Gasteiger partial charge in [-0.15, -0.1) is 0 Å². The molecule has 0 fully saturated rings. The van der Waals surface area contributed by atoms with Crippen LogP contribution < -0.4 is 9.88 Å². The van der Waals surface area contributed by atoms with Crippen molar-refractivity contribution in [2.75, 3.05) is 0 Å². The van der Waals surface area contributed by atoms with E-state index < -0.39 is 15.8 Å². The predicted octanol–water partition coefficient (Wildman–Crippen LogP) is 1.66. The fourth-order valence-corrected chi connectivity index (χ4v) is 1.89. The molecule has 0 aliphatic rings. The van der Waals surface area contributed by atoms with Gasteiger partial charge in [-0.1, -0.05) is 0 Å². The van der Waals surface area contributed by atoms with E-state index >= 15 is 0 Å². The summed E-state index contributed by atoms with van der Waals surface area (Å²) in [4.78, 5) is 3.56. The van der Waals surface area contributed by atoms with E-state index in [4.69, 9.17) is 9.88 Å². The molecule has 0 saturated heterocycles. The molecule has 0 radical (unpaired) electrons. The summed E-state index contributed by atoms with van der Waals surface area (Å²) in [6, 6.07) is 7.80. The molecule has 2 rings (SSSR count). The van der Waals surface area contributed by atoms with Crippen molar-refractivity contribution in [2.24, 2.45) is 5.14 Å². The normalized spacial score (nSPS) is 11.2. The summed E-state index contributed by atoms with van der Waals surface area (Å²) >= 11 is 0. The SMILES string of the molecule is NS(=O)(=O)c1cccnc1Oc1ccc(F)cc1. The number of benzene rings is 1. The molecule has 0 aliphatic heterocycles. The van der Waals surface area contributed by atoms with Gasteiger partial charge in [0.2, 0.25) is 15.9 Å². The van der Waals surface area contributed by atoms with Crippen LogP contribution in [0.15, 0.2) is 47.5 Å². The van der Waals surface area contributed by atoms with Crippen LogP contribution in [0.1, 0.15) is 0 Å². The minimum absolute atomic E-state index is 0.147. The van der Waals surface area contributed by atoms with Gasteiger partial charge in [-0.3, -0.25) is 0 Å². The van der Waals surface area contributed by atoms with E-state index in [1.165, 1.54) is 42.6 Å². The van der Waals surface area contributed by atoms with Gasteiger partial charge in [-0.25, -0.2) is 22.9 Å². The first kappa shape index (κ1) is 12.5. The maximum atomic E-state index is 12.7. The number of nitrogens with two attached hydrogens (primary N) is 1. The molecule has 0 amide bonds. The summed E-state index contributed by atoms with van der Waals surface area (Å²) in [6.07, 6.45) is 1.37. The molecule has 0 bridgehead atoms. The Morgan fingerprint density at radius 2 is 1.83 bits per heavy atom. The zero-order valence-corrected chi connectivity index (χ0v) is 9.89. The van der Waals surface area contributed by atoms with Crippen molar-refractivity contribution >= 4 is 10.0 Å². The maximum absolute atomic E-state index is 12.7. The van der Waals surface area contributed by atoms with E-state index in [-0.39, 0.29) is 16.5 Å². The third-order valence-electron chi connectivity index (χ3n) is 2.07. The van der Waals surface area contributed by atoms with Crippen LogP contribution in [0.3, 0.4) is 0 Å². The van der Waals surface area contributed by atoms with E-state index in [1.807, 2.05) is 0 Å². The summed E-state index contributed by atoms with van der Waals surface area (Å²) < 4.78 is 40.6. The number of nitrogens with zero attached hydrogens (tertiary/aromatic N) is 1. The predicted molar refractivity (Wildman–Crippen MR) is 62.1 cm³/mol. The van der Waals surface area contributed by atoms with Crippen LogP contribution in [-0.4, -0.2) is 13.4 Å². The smallest absolute Gasteiger partial charge is 0.243 e. The fourth-order valence-electron chi connectivity index (χ4n) is 1.28. The van der Waals surface area contributed by atoms with Crippen LogP contribution in [0.4, 0.5) is 4.39 Å². The van der Waals surface area contributed by atoms with E-state index in [1.54, 1.807) is 0 Å². The topological polar surface area (TPSA) is 82.3 Å². The number of pyridine rings is 1. The minimum atomic E-state index is -3.92. The van der Waals surface area contributed by atoms with E-state index in [2.05, 4.69) is 4.98 Å². The highest BCUT2D eigenvalue weighted by molar-refractivity contribution is 7.89. The van der Waals surface area contributed by atoms with Crippen molar-refractivity contribution in [1.29, 1.82) is 0 Å². The van der Waals surface area contributed by atoms with Crippen LogP contribution in [0.25, 0.3) is 0 Å². The van der Waals surface area contributed by atoms with Crippen LogP contribution in [0.2, 0.25) is 0 Å². The Bertz CT molecular complexity index is 656. The lowest BCUT2D eigenvalue weighted by Crippen LogP contribution is -2.13. The molecule has 94 valence electrons. The average Bonchev–Trinajstić information content (AvgIpc) is 2.31. The number of primary sulfonamides is 1. The third kappa shape index (κ3) is 2.82. The lowest BCUT2D eigenvalue weighted by atomic mass is 10.3. The molecule has 1 aromatic carbocycles. The van der Waals surface area contributed by atoms with Crippen molar-refractivity contribution in [3.8, 4) is 11.6 Å².